The molecule has 0 saturated carbocycles. The Hall–Kier alpha value is -1.55. The molecular weight excluding hydrogens is 218 g/mol. The molecule has 2 N–H and O–H groups in total. The molecule has 0 amide bonds. The lowest BCUT2D eigenvalue weighted by atomic mass is 10.1. The van der Waals surface area contributed by atoms with Gasteiger partial charge in [0.2, 0.25) is 0 Å². The number of nitrogens with two attached hydrogens (primary N) is 1. The van der Waals surface area contributed by atoms with Crippen molar-refractivity contribution in [2.75, 3.05) is 18.9 Å². The van der Waals surface area contributed by atoms with Crippen LogP contribution in [0.5, 0.6) is 5.75 Å². The van der Waals surface area contributed by atoms with Gasteiger partial charge in [0.25, 0.3) is 0 Å². The molecule has 17 heavy (non-hydrogen) atoms. The van der Waals surface area contributed by atoms with Crippen molar-refractivity contribution in [3.63, 3.8) is 0 Å². The monoisotopic (exact) mass is 235 g/mol. The molecule has 4 nitrogen and oxygen atoms in total. The Kier molecular flexibility index (Phi) is 3.64. The first-order valence-electron chi connectivity index (χ1n) is 5.81. The number of carbonyl (C=O) groups excluding carboxylic acids is 1. The van der Waals surface area contributed by atoms with E-state index < -0.39 is 0 Å². The van der Waals surface area contributed by atoms with Crippen molar-refractivity contribution in [1.29, 1.82) is 0 Å². The van der Waals surface area contributed by atoms with Gasteiger partial charge in [-0.1, -0.05) is 0 Å². The molecule has 92 valence electrons. The van der Waals surface area contributed by atoms with Gasteiger partial charge in [-0.25, -0.2) is 0 Å². The van der Waals surface area contributed by atoms with E-state index in [1.54, 1.807) is 18.2 Å². The summed E-state index contributed by atoms with van der Waals surface area (Å²) in [5.74, 6) is 0.561. The fourth-order valence-corrected chi connectivity index (χ4v) is 1.91. The molecule has 1 fully saturated rings. The fourth-order valence-electron chi connectivity index (χ4n) is 1.91. The number of hydrogen-bond donors (Lipinski definition) is 1. The van der Waals surface area contributed by atoms with Gasteiger partial charge in [0, 0.05) is 12.3 Å². The van der Waals surface area contributed by atoms with E-state index in [9.17, 15) is 4.79 Å². The Labute approximate surface area is 101 Å². The highest BCUT2D eigenvalue weighted by atomic mass is 16.5. The van der Waals surface area contributed by atoms with Crippen LogP contribution in [0.3, 0.4) is 0 Å². The first kappa shape index (κ1) is 11.9. The summed E-state index contributed by atoms with van der Waals surface area (Å²) in [6, 6.07) is 5.15. The highest BCUT2D eigenvalue weighted by Gasteiger charge is 2.18. The average molecular weight is 235 g/mol. The van der Waals surface area contributed by atoms with E-state index in [2.05, 4.69) is 0 Å². The molecule has 1 unspecified atom stereocenters. The van der Waals surface area contributed by atoms with E-state index in [4.69, 9.17) is 15.2 Å². The van der Waals surface area contributed by atoms with Crippen molar-refractivity contribution in [1.82, 2.24) is 0 Å². The molecule has 1 atom stereocenters. The number of hydrogen-bond acceptors (Lipinski definition) is 4. The first-order chi connectivity index (χ1) is 8.16. The second kappa shape index (κ2) is 5.19. The molecule has 1 aromatic rings. The second-order valence-electron chi connectivity index (χ2n) is 4.27. The van der Waals surface area contributed by atoms with Gasteiger partial charge in [-0.05, 0) is 38.0 Å². The van der Waals surface area contributed by atoms with Crippen LogP contribution in [0.1, 0.15) is 30.1 Å². The van der Waals surface area contributed by atoms with Crippen molar-refractivity contribution in [3.05, 3.63) is 23.8 Å². The lowest BCUT2D eigenvalue weighted by Crippen LogP contribution is -2.28. The Balaban J connectivity index is 2.16. The predicted octanol–water partition coefficient (Wildman–Crippen LogP) is 2.03. The maximum atomic E-state index is 11.5. The third kappa shape index (κ3) is 2.97. The molecular formula is C13H17NO3. The number of carbonyl (C=O) groups is 1. The topological polar surface area (TPSA) is 61.6 Å². The molecule has 0 spiro atoms. The van der Waals surface area contributed by atoms with Gasteiger partial charge >= 0.3 is 0 Å². The van der Waals surface area contributed by atoms with Crippen LogP contribution in [0, 0.1) is 0 Å². The van der Waals surface area contributed by atoms with Crippen LogP contribution in [0.15, 0.2) is 18.2 Å². The van der Waals surface area contributed by atoms with Crippen LogP contribution >= 0.6 is 0 Å². The van der Waals surface area contributed by atoms with E-state index in [0.29, 0.717) is 23.6 Å². The third-order valence-electron chi connectivity index (χ3n) is 2.80. The van der Waals surface area contributed by atoms with Crippen LogP contribution in [0.4, 0.5) is 5.69 Å². The van der Waals surface area contributed by atoms with Gasteiger partial charge in [-0.3, -0.25) is 4.79 Å². The van der Waals surface area contributed by atoms with Crippen molar-refractivity contribution in [3.8, 4) is 5.75 Å². The third-order valence-corrected chi connectivity index (χ3v) is 2.80. The van der Waals surface area contributed by atoms with Crippen molar-refractivity contribution >= 4 is 11.5 Å². The van der Waals surface area contributed by atoms with Crippen molar-refractivity contribution in [2.24, 2.45) is 0 Å². The molecule has 0 aliphatic carbocycles. The van der Waals surface area contributed by atoms with Crippen LogP contribution in [-0.2, 0) is 4.74 Å². The van der Waals surface area contributed by atoms with Gasteiger partial charge in [-0.15, -0.1) is 0 Å². The van der Waals surface area contributed by atoms with E-state index in [1.807, 2.05) is 0 Å². The summed E-state index contributed by atoms with van der Waals surface area (Å²) < 4.78 is 11.1. The Bertz CT molecular complexity index is 411. The standard InChI is InChI=1S/C13H17NO3/c1-9(15)12-7-10(14)4-5-13(12)17-11-3-2-6-16-8-11/h4-5,7,11H,2-3,6,8,14H2,1H3. The minimum absolute atomic E-state index is 0.0328. The van der Waals surface area contributed by atoms with Crippen molar-refractivity contribution in [2.45, 2.75) is 25.9 Å². The molecule has 0 radical (unpaired) electrons. The van der Waals surface area contributed by atoms with E-state index >= 15 is 0 Å². The Morgan fingerprint density at radius 1 is 1.53 bits per heavy atom. The minimum atomic E-state index is -0.0379. The van der Waals surface area contributed by atoms with Crippen molar-refractivity contribution < 1.29 is 14.3 Å². The van der Waals surface area contributed by atoms with E-state index in [0.717, 1.165) is 19.4 Å². The van der Waals surface area contributed by atoms with Gasteiger partial charge in [-0.2, -0.15) is 0 Å². The average Bonchev–Trinajstić information content (AvgIpc) is 2.32. The number of anilines is 1. The number of rotatable bonds is 3. The summed E-state index contributed by atoms with van der Waals surface area (Å²) in [6.45, 7) is 2.89. The lowest BCUT2D eigenvalue weighted by Gasteiger charge is -2.24. The molecule has 2 rings (SSSR count). The maximum Gasteiger partial charge on any atom is 0.163 e. The molecule has 4 heteroatoms. The minimum Gasteiger partial charge on any atom is -0.487 e. The van der Waals surface area contributed by atoms with Gasteiger partial charge in [0.05, 0.1) is 12.2 Å². The molecule has 1 aliphatic rings. The molecule has 1 aliphatic heterocycles. The number of Topliss-reactive ketones (excluding diaryl/α,β-unsaturated/α-hetero) is 1. The summed E-state index contributed by atoms with van der Waals surface area (Å²) in [6.07, 6.45) is 1.99. The summed E-state index contributed by atoms with van der Waals surface area (Å²) in [5, 5.41) is 0. The molecule has 0 bridgehead atoms. The SMILES string of the molecule is CC(=O)c1cc(N)ccc1OC1CCCOC1. The van der Waals surface area contributed by atoms with Gasteiger partial charge in [0.1, 0.15) is 11.9 Å². The first-order valence-corrected chi connectivity index (χ1v) is 5.81. The summed E-state index contributed by atoms with van der Waals surface area (Å²) >= 11 is 0. The Morgan fingerprint density at radius 3 is 3.00 bits per heavy atom. The van der Waals surface area contributed by atoms with E-state index in [1.165, 1.54) is 6.92 Å². The second-order valence-corrected chi connectivity index (χ2v) is 4.27. The number of benzene rings is 1. The molecule has 1 saturated heterocycles. The fraction of sp³-hybridized carbons (Fsp3) is 0.462. The number of ketones is 1. The largest absolute Gasteiger partial charge is 0.487 e. The Morgan fingerprint density at radius 2 is 2.35 bits per heavy atom. The van der Waals surface area contributed by atoms with Gasteiger partial charge < -0.3 is 15.2 Å². The quantitative estimate of drug-likeness (QED) is 0.643. The van der Waals surface area contributed by atoms with Crippen LogP contribution in [0.2, 0.25) is 0 Å². The van der Waals surface area contributed by atoms with Crippen LogP contribution < -0.4 is 10.5 Å². The molecule has 1 heterocycles. The number of nitrogen functional groups attached to an aromatic ring is 1. The summed E-state index contributed by atoms with van der Waals surface area (Å²) in [4.78, 5) is 11.5. The summed E-state index contributed by atoms with van der Waals surface area (Å²) in [7, 11) is 0. The molecule has 0 aromatic heterocycles. The summed E-state index contributed by atoms with van der Waals surface area (Å²) in [5.41, 5.74) is 6.78. The van der Waals surface area contributed by atoms with E-state index in [-0.39, 0.29) is 11.9 Å². The predicted molar refractivity (Wildman–Crippen MR) is 65.3 cm³/mol. The van der Waals surface area contributed by atoms with Crippen LogP contribution in [-0.4, -0.2) is 25.1 Å². The highest BCUT2D eigenvalue weighted by Crippen LogP contribution is 2.24. The number of ether oxygens (including phenoxy) is 2. The zero-order chi connectivity index (χ0) is 12.3. The van der Waals surface area contributed by atoms with Gasteiger partial charge in [0.15, 0.2) is 5.78 Å². The lowest BCUT2D eigenvalue weighted by molar-refractivity contribution is 0.00713. The maximum absolute atomic E-state index is 11.5. The normalized spacial score (nSPS) is 19.9. The molecule has 1 aromatic carbocycles. The highest BCUT2D eigenvalue weighted by molar-refractivity contribution is 5.97. The smallest absolute Gasteiger partial charge is 0.163 e. The zero-order valence-electron chi connectivity index (χ0n) is 9.94. The zero-order valence-corrected chi connectivity index (χ0v) is 9.94. The van der Waals surface area contributed by atoms with Crippen LogP contribution in [0.25, 0.3) is 0 Å².